The summed E-state index contributed by atoms with van der Waals surface area (Å²) in [4.78, 5) is 48.2. The summed E-state index contributed by atoms with van der Waals surface area (Å²) in [5.41, 5.74) is 1.10. The van der Waals surface area contributed by atoms with Crippen LogP contribution >= 0.6 is 0 Å². The van der Waals surface area contributed by atoms with Crippen molar-refractivity contribution in [3.05, 3.63) is 140 Å². The molecule has 0 saturated carbocycles. The fourth-order valence-corrected chi connectivity index (χ4v) is 6.35. The molecule has 2 amide bonds. The van der Waals surface area contributed by atoms with E-state index >= 15 is 0 Å². The van der Waals surface area contributed by atoms with E-state index < -0.39 is 45.3 Å². The lowest BCUT2D eigenvalue weighted by molar-refractivity contribution is -0.385. The highest BCUT2D eigenvalue weighted by molar-refractivity contribution is 5.71. The summed E-state index contributed by atoms with van der Waals surface area (Å²) < 4.78 is 74.9. The van der Waals surface area contributed by atoms with E-state index in [1.807, 2.05) is 13.8 Å². The molecule has 4 aromatic rings. The molecule has 0 bridgehead atoms. The van der Waals surface area contributed by atoms with Gasteiger partial charge < -0.3 is 29.6 Å². The molecule has 2 N–H and O–H groups in total. The first kappa shape index (κ1) is 44.9. The molecule has 2 unspecified atom stereocenters. The van der Waals surface area contributed by atoms with E-state index in [0.717, 1.165) is 12.1 Å². The molecule has 0 aliphatic carbocycles. The van der Waals surface area contributed by atoms with Crippen molar-refractivity contribution in [3.63, 3.8) is 0 Å². The SMILES string of the molecule is CC(c1ccc(F)c(F)c1)N1CCO[C@@H](CNC(=O)Oc2ccc([N+](=O)[O-])cc2)C1.CC(c1ccc(F)c(F)c1)N1CCO[C@@H](CNC(=O)Oc2ccc([N+](=O)[O-])cc2)C1. The largest absolute Gasteiger partial charge is 0.412 e. The van der Waals surface area contributed by atoms with Crippen molar-refractivity contribution < 1.29 is 55.9 Å². The van der Waals surface area contributed by atoms with Crippen LogP contribution in [0.5, 0.6) is 11.5 Å². The van der Waals surface area contributed by atoms with Crippen LogP contribution in [0, 0.1) is 43.5 Å². The van der Waals surface area contributed by atoms with Gasteiger partial charge in [-0.25, -0.2) is 27.2 Å². The first-order chi connectivity index (χ1) is 28.7. The molecule has 0 radical (unpaired) electrons. The summed E-state index contributed by atoms with van der Waals surface area (Å²) >= 11 is 0. The molecule has 2 saturated heterocycles. The predicted octanol–water partition coefficient (Wildman–Crippen LogP) is 6.85. The van der Waals surface area contributed by atoms with E-state index in [-0.39, 0.29) is 60.3 Å². The highest BCUT2D eigenvalue weighted by atomic mass is 19.2. The van der Waals surface area contributed by atoms with Crippen LogP contribution in [-0.2, 0) is 9.47 Å². The number of carbonyl (C=O) groups is 2. The molecule has 2 aliphatic rings. The molecule has 0 spiro atoms. The van der Waals surface area contributed by atoms with Gasteiger partial charge in [0.25, 0.3) is 11.4 Å². The summed E-state index contributed by atoms with van der Waals surface area (Å²) in [6.07, 6.45) is -2.04. The van der Waals surface area contributed by atoms with Gasteiger partial charge >= 0.3 is 12.2 Å². The predicted molar refractivity (Wildman–Crippen MR) is 206 cm³/mol. The maximum Gasteiger partial charge on any atom is 0.412 e. The Morgan fingerprint density at radius 3 is 1.35 bits per heavy atom. The fraction of sp³-hybridized carbons (Fsp3) is 0.350. The first-order valence-electron chi connectivity index (χ1n) is 18.7. The Morgan fingerprint density at radius 2 is 1.02 bits per heavy atom. The van der Waals surface area contributed by atoms with Gasteiger partial charge in [0.15, 0.2) is 23.3 Å². The Balaban J connectivity index is 0.000000228. The Kier molecular flexibility index (Phi) is 15.8. The number of non-ortho nitro benzene ring substituents is 2. The minimum Gasteiger partial charge on any atom is -0.410 e. The van der Waals surface area contributed by atoms with Crippen molar-refractivity contribution in [1.29, 1.82) is 0 Å². The maximum atomic E-state index is 13.5. The lowest BCUT2D eigenvalue weighted by Gasteiger charge is -2.37. The van der Waals surface area contributed by atoms with Gasteiger partial charge in [-0.05, 0) is 73.5 Å². The lowest BCUT2D eigenvalue weighted by atomic mass is 10.1. The van der Waals surface area contributed by atoms with Crippen LogP contribution < -0.4 is 20.1 Å². The second-order valence-electron chi connectivity index (χ2n) is 13.7. The number of carbonyl (C=O) groups excluding carboxylic acids is 2. The number of rotatable bonds is 12. The van der Waals surface area contributed by atoms with E-state index in [4.69, 9.17) is 18.9 Å². The van der Waals surface area contributed by atoms with Gasteiger partial charge in [0.2, 0.25) is 0 Å². The van der Waals surface area contributed by atoms with Crippen LogP contribution in [0.3, 0.4) is 0 Å². The van der Waals surface area contributed by atoms with E-state index in [0.29, 0.717) is 50.5 Å². The molecule has 4 aromatic carbocycles. The number of nitrogens with zero attached hydrogens (tertiary/aromatic N) is 4. The zero-order valence-electron chi connectivity index (χ0n) is 32.4. The number of nitro groups is 2. The summed E-state index contributed by atoms with van der Waals surface area (Å²) in [6, 6.07) is 17.7. The third-order valence-corrected chi connectivity index (χ3v) is 9.75. The first-order valence-corrected chi connectivity index (χ1v) is 18.7. The van der Waals surface area contributed by atoms with Crippen LogP contribution in [0.25, 0.3) is 0 Å². The number of amides is 2. The molecule has 2 aliphatic heterocycles. The summed E-state index contributed by atoms with van der Waals surface area (Å²) in [5.74, 6) is -3.20. The van der Waals surface area contributed by atoms with Crippen molar-refractivity contribution in [3.8, 4) is 11.5 Å². The Morgan fingerprint density at radius 1 is 0.650 bits per heavy atom. The Hall–Kier alpha value is -6.22. The number of morpholine rings is 2. The zero-order valence-corrected chi connectivity index (χ0v) is 32.4. The van der Waals surface area contributed by atoms with Gasteiger partial charge in [-0.15, -0.1) is 0 Å². The maximum absolute atomic E-state index is 13.5. The molecule has 2 fully saturated rings. The van der Waals surface area contributed by atoms with Gasteiger partial charge in [0.05, 0.1) is 35.3 Å². The van der Waals surface area contributed by atoms with Crippen LogP contribution in [0.4, 0.5) is 38.5 Å². The van der Waals surface area contributed by atoms with Crippen LogP contribution in [0.1, 0.15) is 37.1 Å². The average Bonchev–Trinajstić information content (AvgIpc) is 3.24. The number of hydrogen-bond donors (Lipinski definition) is 2. The summed E-state index contributed by atoms with van der Waals surface area (Å²) in [7, 11) is 0. The molecular weight excluding hydrogens is 800 g/mol. The molecule has 0 aromatic heterocycles. The van der Waals surface area contributed by atoms with Gasteiger partial charge in [0, 0.05) is 75.6 Å². The molecule has 20 heteroatoms. The molecule has 2 heterocycles. The lowest BCUT2D eigenvalue weighted by Crippen LogP contribution is -2.48. The fourth-order valence-electron chi connectivity index (χ4n) is 6.35. The minimum atomic E-state index is -0.889. The van der Waals surface area contributed by atoms with Gasteiger partial charge in [-0.3, -0.25) is 30.0 Å². The second kappa shape index (κ2) is 21.2. The second-order valence-corrected chi connectivity index (χ2v) is 13.7. The van der Waals surface area contributed by atoms with Gasteiger partial charge in [-0.2, -0.15) is 0 Å². The number of nitrogens with one attached hydrogen (secondary N) is 2. The zero-order chi connectivity index (χ0) is 43.3. The Bertz CT molecular complexity index is 1970. The molecule has 4 atom stereocenters. The monoisotopic (exact) mass is 842 g/mol. The van der Waals surface area contributed by atoms with Crippen molar-refractivity contribution in [2.45, 2.75) is 38.1 Å². The van der Waals surface area contributed by atoms with E-state index in [9.17, 15) is 47.4 Å². The van der Waals surface area contributed by atoms with E-state index in [1.165, 1.54) is 60.7 Å². The topological polar surface area (TPSA) is 188 Å². The van der Waals surface area contributed by atoms with Crippen molar-refractivity contribution in [2.75, 3.05) is 52.5 Å². The van der Waals surface area contributed by atoms with E-state index in [1.54, 1.807) is 12.1 Å². The Labute approximate surface area is 341 Å². The minimum absolute atomic E-state index is 0.103. The third kappa shape index (κ3) is 12.9. The van der Waals surface area contributed by atoms with Crippen molar-refractivity contribution in [1.82, 2.24) is 20.4 Å². The average molecular weight is 843 g/mol. The van der Waals surface area contributed by atoms with Gasteiger partial charge in [-0.1, -0.05) is 12.1 Å². The molecule has 16 nitrogen and oxygen atoms in total. The van der Waals surface area contributed by atoms with Crippen molar-refractivity contribution in [2.24, 2.45) is 0 Å². The number of nitro benzene ring substituents is 2. The van der Waals surface area contributed by atoms with Crippen LogP contribution in [0.15, 0.2) is 84.9 Å². The van der Waals surface area contributed by atoms with Crippen molar-refractivity contribution >= 4 is 23.6 Å². The number of hydrogen-bond acceptors (Lipinski definition) is 12. The summed E-state index contributed by atoms with van der Waals surface area (Å²) in [5, 5.41) is 26.5. The number of ether oxygens (including phenoxy) is 4. The highest BCUT2D eigenvalue weighted by Crippen LogP contribution is 2.26. The number of benzene rings is 4. The highest BCUT2D eigenvalue weighted by Gasteiger charge is 2.28. The molecular formula is C40H42F4N6O10. The normalized spacial score (nSPS) is 17.9. The van der Waals surface area contributed by atoms with Crippen LogP contribution in [0.2, 0.25) is 0 Å². The quantitative estimate of drug-likeness (QED) is 0.0860. The van der Waals surface area contributed by atoms with Gasteiger partial charge in [0.1, 0.15) is 11.5 Å². The standard InChI is InChI=1S/2C20H21F2N3O5/c2*1-13(14-2-7-18(21)19(22)10-14)24-8-9-29-17(12-24)11-23-20(26)30-16-5-3-15(4-6-16)25(27)28/h2*2-7,10,13,17H,8-9,11-12H2,1H3,(H,23,26)/t2*13?,17-/m00/s1. The molecule has 6 rings (SSSR count). The molecule has 60 heavy (non-hydrogen) atoms. The summed E-state index contributed by atoms with van der Waals surface area (Å²) in [6.45, 7) is 7.22. The molecule has 320 valence electrons. The smallest absolute Gasteiger partial charge is 0.410 e. The third-order valence-electron chi connectivity index (χ3n) is 9.75. The van der Waals surface area contributed by atoms with E-state index in [2.05, 4.69) is 20.4 Å². The van der Waals surface area contributed by atoms with Crippen LogP contribution in [-0.4, -0.2) is 96.5 Å². The number of halogens is 4.